The number of alkyl halides is 3. The molecule has 0 fully saturated rings. The molecule has 1 aliphatic heterocycles. The summed E-state index contributed by atoms with van der Waals surface area (Å²) in [6, 6.07) is -1.40. The van der Waals surface area contributed by atoms with Crippen LogP contribution in [0, 0.1) is 0 Å². The molecule has 0 aromatic rings. The Morgan fingerprint density at radius 3 is 2.36 bits per heavy atom. The minimum atomic E-state index is -4.13. The van der Waals surface area contributed by atoms with Crippen molar-refractivity contribution in [2.45, 2.75) is 18.6 Å². The number of hydrogen-bond donors (Lipinski definition) is 1. The molecule has 0 aromatic carbocycles. The lowest BCUT2D eigenvalue weighted by molar-refractivity contribution is -0.153. The van der Waals surface area contributed by atoms with E-state index in [0.29, 0.717) is 0 Å². The number of halogens is 4. The van der Waals surface area contributed by atoms with E-state index in [4.69, 9.17) is 0 Å². The maximum Gasteiger partial charge on any atom is 0.408 e. The quantitative estimate of drug-likeness (QED) is 0.610. The lowest BCUT2D eigenvalue weighted by Crippen LogP contribution is -2.44. The maximum atomic E-state index is 11.8. The lowest BCUT2D eigenvalue weighted by Gasteiger charge is -2.21. The highest BCUT2D eigenvalue weighted by atomic mass is 35.5. The van der Waals surface area contributed by atoms with E-state index in [0.717, 1.165) is 6.34 Å². The fraction of sp³-hybridized carbons (Fsp3) is 0.800. The summed E-state index contributed by atoms with van der Waals surface area (Å²) in [4.78, 5) is 3.60. The molecular weight excluding hydrogens is 181 g/mol. The normalized spacial score (nSPS) is 23.7. The molecule has 0 aromatic heterocycles. The molecule has 1 N–H and O–H groups in total. The highest BCUT2D eigenvalue weighted by molar-refractivity contribution is 5.85. The molecule has 1 unspecified atom stereocenters. The summed E-state index contributed by atoms with van der Waals surface area (Å²) in [6.07, 6.45) is -2.98. The Balaban J connectivity index is 0.000001000. The minimum Gasteiger partial charge on any atom is -0.365 e. The van der Waals surface area contributed by atoms with E-state index < -0.39 is 12.2 Å². The van der Waals surface area contributed by atoms with Gasteiger partial charge in [0.1, 0.15) is 6.04 Å². The van der Waals surface area contributed by atoms with E-state index in [1.165, 1.54) is 0 Å². The number of hydrogen-bond acceptors (Lipinski definition) is 2. The largest absolute Gasteiger partial charge is 0.408 e. The van der Waals surface area contributed by atoms with Gasteiger partial charge in [-0.05, 0) is 6.42 Å². The van der Waals surface area contributed by atoms with E-state index in [1.807, 2.05) is 0 Å². The van der Waals surface area contributed by atoms with Crippen LogP contribution < -0.4 is 5.32 Å². The standard InChI is InChI=1S/C5H7F3N2.ClH/c6-5(7,8)4-1-2-9-3-10-4;/h3-4H,1-2H2,(H,9,10);1H. The molecule has 6 heteroatoms. The number of nitrogens with one attached hydrogen (secondary N) is 1. The Hall–Kier alpha value is -0.450. The van der Waals surface area contributed by atoms with Crippen molar-refractivity contribution in [2.75, 3.05) is 6.54 Å². The Bertz CT molecular complexity index is 145. The zero-order chi connectivity index (χ0) is 7.61. The van der Waals surface area contributed by atoms with Crippen LogP contribution in [0.1, 0.15) is 6.42 Å². The van der Waals surface area contributed by atoms with Crippen LogP contribution in [-0.4, -0.2) is 25.1 Å². The van der Waals surface area contributed by atoms with Crippen LogP contribution in [0.5, 0.6) is 0 Å². The molecule has 66 valence electrons. The van der Waals surface area contributed by atoms with Crippen molar-refractivity contribution in [2.24, 2.45) is 4.99 Å². The van der Waals surface area contributed by atoms with Crippen molar-refractivity contribution in [3.05, 3.63) is 0 Å². The number of rotatable bonds is 0. The summed E-state index contributed by atoms with van der Waals surface area (Å²) < 4.78 is 35.5. The SMILES string of the molecule is Cl.FC(F)(F)C1CCN=CN1. The van der Waals surface area contributed by atoms with E-state index >= 15 is 0 Å². The summed E-state index contributed by atoms with van der Waals surface area (Å²) in [5.74, 6) is 0. The molecule has 2 nitrogen and oxygen atoms in total. The monoisotopic (exact) mass is 188 g/mol. The van der Waals surface area contributed by atoms with Gasteiger partial charge in [-0.2, -0.15) is 13.2 Å². The van der Waals surface area contributed by atoms with Gasteiger partial charge < -0.3 is 5.32 Å². The van der Waals surface area contributed by atoms with Gasteiger partial charge in [-0.3, -0.25) is 4.99 Å². The molecule has 0 amide bonds. The highest BCUT2D eigenvalue weighted by Crippen LogP contribution is 2.22. The summed E-state index contributed by atoms with van der Waals surface area (Å²) in [7, 11) is 0. The molecule has 11 heavy (non-hydrogen) atoms. The second-order valence-corrected chi connectivity index (χ2v) is 2.08. The lowest BCUT2D eigenvalue weighted by atomic mass is 10.2. The molecule has 0 saturated heterocycles. The minimum absolute atomic E-state index is 0. The Morgan fingerprint density at radius 2 is 2.09 bits per heavy atom. The first-order valence-electron chi connectivity index (χ1n) is 2.92. The second-order valence-electron chi connectivity index (χ2n) is 2.08. The van der Waals surface area contributed by atoms with Gasteiger partial charge >= 0.3 is 6.18 Å². The van der Waals surface area contributed by atoms with Gasteiger partial charge in [0.2, 0.25) is 0 Å². The van der Waals surface area contributed by atoms with Gasteiger partial charge in [0.05, 0.1) is 6.34 Å². The average molecular weight is 189 g/mol. The van der Waals surface area contributed by atoms with Crippen LogP contribution in [0.4, 0.5) is 13.2 Å². The number of aliphatic imine (C=N–C) groups is 1. The third kappa shape index (κ3) is 2.96. The van der Waals surface area contributed by atoms with Crippen molar-refractivity contribution in [3.63, 3.8) is 0 Å². The van der Waals surface area contributed by atoms with Gasteiger partial charge in [0.25, 0.3) is 0 Å². The van der Waals surface area contributed by atoms with Crippen LogP contribution in [-0.2, 0) is 0 Å². The van der Waals surface area contributed by atoms with Gasteiger partial charge in [-0.25, -0.2) is 0 Å². The third-order valence-electron chi connectivity index (χ3n) is 1.31. The molecule has 0 spiro atoms. The zero-order valence-corrected chi connectivity index (χ0v) is 6.37. The molecule has 1 atom stereocenters. The fourth-order valence-electron chi connectivity index (χ4n) is 0.752. The topological polar surface area (TPSA) is 24.4 Å². The first kappa shape index (κ1) is 10.6. The smallest absolute Gasteiger partial charge is 0.365 e. The fourth-order valence-corrected chi connectivity index (χ4v) is 0.752. The molecule has 0 bridgehead atoms. The predicted octanol–water partition coefficient (Wildman–Crippen LogP) is 1.36. The van der Waals surface area contributed by atoms with Crippen molar-refractivity contribution in [1.82, 2.24) is 5.32 Å². The summed E-state index contributed by atoms with van der Waals surface area (Å²) in [5.41, 5.74) is 0. The van der Waals surface area contributed by atoms with Gasteiger partial charge in [-0.15, -0.1) is 12.4 Å². The van der Waals surface area contributed by atoms with E-state index in [2.05, 4.69) is 10.3 Å². The van der Waals surface area contributed by atoms with Crippen LogP contribution in [0.15, 0.2) is 4.99 Å². The first-order valence-corrected chi connectivity index (χ1v) is 2.92. The second kappa shape index (κ2) is 3.80. The van der Waals surface area contributed by atoms with Crippen molar-refractivity contribution in [1.29, 1.82) is 0 Å². The number of nitrogens with zero attached hydrogens (tertiary/aromatic N) is 1. The molecular formula is C5H8ClF3N2. The van der Waals surface area contributed by atoms with Crippen LogP contribution >= 0.6 is 12.4 Å². The Kier molecular flexibility index (Phi) is 3.65. The maximum absolute atomic E-state index is 11.8. The highest BCUT2D eigenvalue weighted by Gasteiger charge is 2.39. The van der Waals surface area contributed by atoms with Gasteiger partial charge in [-0.1, -0.05) is 0 Å². The zero-order valence-electron chi connectivity index (χ0n) is 5.56. The third-order valence-corrected chi connectivity index (χ3v) is 1.31. The molecule has 1 aliphatic rings. The molecule has 1 rings (SSSR count). The molecule has 0 radical (unpaired) electrons. The summed E-state index contributed by atoms with van der Waals surface area (Å²) in [5, 5.41) is 2.14. The Morgan fingerprint density at radius 1 is 1.45 bits per heavy atom. The average Bonchev–Trinajstić information content (AvgIpc) is 1.88. The summed E-state index contributed by atoms with van der Waals surface area (Å²) >= 11 is 0. The first-order chi connectivity index (χ1) is 4.61. The van der Waals surface area contributed by atoms with E-state index in [9.17, 15) is 13.2 Å². The van der Waals surface area contributed by atoms with Crippen LogP contribution in [0.2, 0.25) is 0 Å². The summed E-state index contributed by atoms with van der Waals surface area (Å²) in [6.45, 7) is 0.261. The van der Waals surface area contributed by atoms with Gasteiger partial charge in [0, 0.05) is 6.54 Å². The molecule has 1 heterocycles. The Labute approximate surface area is 68.3 Å². The predicted molar refractivity (Wildman–Crippen MR) is 38.2 cm³/mol. The van der Waals surface area contributed by atoms with Crippen LogP contribution in [0.25, 0.3) is 0 Å². The molecule has 0 aliphatic carbocycles. The van der Waals surface area contributed by atoms with E-state index in [1.54, 1.807) is 0 Å². The van der Waals surface area contributed by atoms with Crippen molar-refractivity contribution in [3.8, 4) is 0 Å². The van der Waals surface area contributed by atoms with Crippen LogP contribution in [0.3, 0.4) is 0 Å². The van der Waals surface area contributed by atoms with Crippen molar-refractivity contribution < 1.29 is 13.2 Å². The molecule has 0 saturated carbocycles. The van der Waals surface area contributed by atoms with Crippen molar-refractivity contribution >= 4 is 18.7 Å². The van der Waals surface area contributed by atoms with Gasteiger partial charge in [0.15, 0.2) is 0 Å². The van der Waals surface area contributed by atoms with E-state index in [-0.39, 0.29) is 25.4 Å².